The van der Waals surface area contributed by atoms with E-state index in [9.17, 15) is 18.0 Å². The van der Waals surface area contributed by atoms with Crippen LogP contribution in [0.25, 0.3) is 0 Å². The summed E-state index contributed by atoms with van der Waals surface area (Å²) in [6.45, 7) is 1.24. The fourth-order valence-corrected chi connectivity index (χ4v) is 3.33. The van der Waals surface area contributed by atoms with E-state index in [-0.39, 0.29) is 17.8 Å². The lowest BCUT2D eigenvalue weighted by Gasteiger charge is -2.44. The molecule has 2 amide bonds. The lowest BCUT2D eigenvalue weighted by atomic mass is 9.88. The van der Waals surface area contributed by atoms with Crippen molar-refractivity contribution in [3.8, 4) is 0 Å². The zero-order chi connectivity index (χ0) is 15.7. The van der Waals surface area contributed by atoms with Crippen LogP contribution in [0.1, 0.15) is 25.7 Å². The molecule has 2 aliphatic rings. The van der Waals surface area contributed by atoms with E-state index in [1.165, 1.54) is 0 Å². The zero-order valence-corrected chi connectivity index (χ0v) is 12.0. The van der Waals surface area contributed by atoms with Crippen molar-refractivity contribution in [3.63, 3.8) is 0 Å². The van der Waals surface area contributed by atoms with Crippen LogP contribution in [-0.2, 0) is 0 Å². The van der Waals surface area contributed by atoms with E-state index in [0.29, 0.717) is 13.1 Å². The van der Waals surface area contributed by atoms with E-state index < -0.39 is 23.5 Å². The highest BCUT2D eigenvalue weighted by Crippen LogP contribution is 2.26. The normalized spacial score (nSPS) is 24.8. The summed E-state index contributed by atoms with van der Waals surface area (Å²) in [6.07, 6.45) is 4.13. The molecule has 1 saturated heterocycles. The number of fused-ring (bicyclic) bond motifs is 1. The molecule has 22 heavy (non-hydrogen) atoms. The van der Waals surface area contributed by atoms with Crippen molar-refractivity contribution in [3.05, 3.63) is 29.6 Å². The molecular formula is C15H18F3N3O. The first-order valence-corrected chi connectivity index (χ1v) is 7.52. The number of nitrogens with zero attached hydrogens (tertiary/aromatic N) is 1. The van der Waals surface area contributed by atoms with Gasteiger partial charge in [-0.05, 0) is 12.8 Å². The first-order chi connectivity index (χ1) is 10.6. The van der Waals surface area contributed by atoms with E-state index in [4.69, 9.17) is 0 Å². The molecule has 0 aromatic heterocycles. The molecule has 1 saturated carbocycles. The van der Waals surface area contributed by atoms with Gasteiger partial charge in [0.1, 0.15) is 0 Å². The van der Waals surface area contributed by atoms with Crippen LogP contribution >= 0.6 is 0 Å². The summed E-state index contributed by atoms with van der Waals surface area (Å²) >= 11 is 0. The van der Waals surface area contributed by atoms with Crippen LogP contribution in [0.4, 0.5) is 23.7 Å². The second-order valence-electron chi connectivity index (χ2n) is 5.79. The number of hydrogen-bond donors (Lipinski definition) is 2. The summed E-state index contributed by atoms with van der Waals surface area (Å²) in [6, 6.07) is 1.55. The van der Waals surface area contributed by atoms with Crippen LogP contribution in [-0.4, -0.2) is 36.1 Å². The molecule has 0 radical (unpaired) electrons. The number of benzene rings is 1. The van der Waals surface area contributed by atoms with Crippen molar-refractivity contribution >= 4 is 11.7 Å². The molecule has 1 aliphatic carbocycles. The van der Waals surface area contributed by atoms with Gasteiger partial charge < -0.3 is 15.5 Å². The fraction of sp³-hybridized carbons (Fsp3) is 0.533. The molecule has 4 nitrogen and oxygen atoms in total. The van der Waals surface area contributed by atoms with Crippen molar-refractivity contribution in [2.45, 2.75) is 37.8 Å². The van der Waals surface area contributed by atoms with E-state index in [0.717, 1.165) is 37.8 Å². The Balaban J connectivity index is 1.73. The van der Waals surface area contributed by atoms with Crippen molar-refractivity contribution in [2.75, 3.05) is 18.4 Å². The Bertz CT molecular complexity index is 556. The highest BCUT2D eigenvalue weighted by Gasteiger charge is 2.35. The predicted molar refractivity (Wildman–Crippen MR) is 76.1 cm³/mol. The third kappa shape index (κ3) is 2.90. The van der Waals surface area contributed by atoms with Crippen molar-refractivity contribution in [2.24, 2.45) is 0 Å². The number of amides is 2. The third-order valence-corrected chi connectivity index (χ3v) is 4.38. The number of hydrogen-bond acceptors (Lipinski definition) is 2. The maximum atomic E-state index is 13.2. The number of rotatable bonds is 1. The van der Waals surface area contributed by atoms with Gasteiger partial charge in [0.15, 0.2) is 17.5 Å². The molecule has 1 aromatic carbocycles. The number of anilines is 1. The van der Waals surface area contributed by atoms with Crippen molar-refractivity contribution in [1.29, 1.82) is 0 Å². The van der Waals surface area contributed by atoms with Gasteiger partial charge in [0.05, 0.1) is 0 Å². The molecule has 2 fully saturated rings. The van der Waals surface area contributed by atoms with Gasteiger partial charge in [0.25, 0.3) is 0 Å². The Morgan fingerprint density at radius 3 is 2.59 bits per heavy atom. The van der Waals surface area contributed by atoms with Crippen LogP contribution < -0.4 is 10.6 Å². The fourth-order valence-electron chi connectivity index (χ4n) is 3.33. The monoisotopic (exact) mass is 313 g/mol. The number of carbonyl (C=O) groups excluding carboxylic acids is 1. The largest absolute Gasteiger partial charge is 0.322 e. The molecule has 2 atom stereocenters. The van der Waals surface area contributed by atoms with Crippen molar-refractivity contribution < 1.29 is 18.0 Å². The lowest BCUT2D eigenvalue weighted by molar-refractivity contribution is 0.116. The maximum Gasteiger partial charge on any atom is 0.322 e. The number of urea groups is 1. The number of carbonyl (C=O) groups is 1. The molecule has 2 N–H and O–H groups in total. The smallest absolute Gasteiger partial charge is 0.319 e. The molecular weight excluding hydrogens is 295 g/mol. The molecule has 0 bridgehead atoms. The molecule has 1 heterocycles. The summed E-state index contributed by atoms with van der Waals surface area (Å²) in [4.78, 5) is 14.1. The van der Waals surface area contributed by atoms with Gasteiger partial charge in [-0.1, -0.05) is 12.8 Å². The minimum Gasteiger partial charge on any atom is -0.319 e. The number of piperazine rings is 1. The SMILES string of the molecule is O=C(Nc1cc(F)c(F)c(F)c1)N1CCNC2CCCCC21. The molecule has 1 aromatic rings. The summed E-state index contributed by atoms with van der Waals surface area (Å²) in [5.41, 5.74) is -0.0766. The molecule has 2 unspecified atom stereocenters. The Hall–Kier alpha value is -1.76. The Labute approximate surface area is 126 Å². The molecule has 7 heteroatoms. The van der Waals surface area contributed by atoms with E-state index in [1.807, 2.05) is 0 Å². The van der Waals surface area contributed by atoms with Gasteiger partial charge in [-0.2, -0.15) is 0 Å². The maximum absolute atomic E-state index is 13.2. The highest BCUT2D eigenvalue weighted by atomic mass is 19.2. The zero-order valence-electron chi connectivity index (χ0n) is 12.0. The highest BCUT2D eigenvalue weighted by molar-refractivity contribution is 5.89. The summed E-state index contributed by atoms with van der Waals surface area (Å²) in [7, 11) is 0. The minimum atomic E-state index is -1.53. The van der Waals surface area contributed by atoms with Gasteiger partial charge in [-0.25, -0.2) is 18.0 Å². The average molecular weight is 313 g/mol. The van der Waals surface area contributed by atoms with Gasteiger partial charge in [0.2, 0.25) is 0 Å². The first kappa shape index (κ1) is 15.1. The molecule has 3 rings (SSSR count). The standard InChI is InChI=1S/C15H18F3N3O/c16-10-7-9(8-11(17)14(10)18)20-15(22)21-6-5-19-12-3-1-2-4-13(12)21/h7-8,12-13,19H,1-6H2,(H,20,22). The molecule has 0 spiro atoms. The summed E-state index contributed by atoms with van der Waals surface area (Å²) < 4.78 is 39.4. The quantitative estimate of drug-likeness (QED) is 0.783. The van der Waals surface area contributed by atoms with Crippen LogP contribution in [0.3, 0.4) is 0 Å². The van der Waals surface area contributed by atoms with E-state index in [2.05, 4.69) is 10.6 Å². The average Bonchev–Trinajstić information content (AvgIpc) is 2.52. The number of halogens is 3. The van der Waals surface area contributed by atoms with E-state index >= 15 is 0 Å². The van der Waals surface area contributed by atoms with Gasteiger partial charge in [0, 0.05) is 43.0 Å². The predicted octanol–water partition coefficient (Wildman–Crippen LogP) is 2.85. The second-order valence-corrected chi connectivity index (χ2v) is 5.79. The lowest BCUT2D eigenvalue weighted by Crippen LogP contribution is -2.61. The molecule has 120 valence electrons. The summed E-state index contributed by atoms with van der Waals surface area (Å²) in [5, 5.41) is 5.87. The van der Waals surface area contributed by atoms with Gasteiger partial charge in [-0.15, -0.1) is 0 Å². The van der Waals surface area contributed by atoms with Gasteiger partial charge in [-0.3, -0.25) is 0 Å². The Kier molecular flexibility index (Phi) is 4.24. The minimum absolute atomic E-state index is 0.0766. The first-order valence-electron chi connectivity index (χ1n) is 7.52. The number of nitrogens with one attached hydrogen (secondary N) is 2. The third-order valence-electron chi connectivity index (χ3n) is 4.38. The van der Waals surface area contributed by atoms with Crippen LogP contribution in [0, 0.1) is 17.5 Å². The van der Waals surface area contributed by atoms with Crippen LogP contribution in [0.2, 0.25) is 0 Å². The summed E-state index contributed by atoms with van der Waals surface area (Å²) in [5.74, 6) is -4.16. The molecule has 1 aliphatic heterocycles. The Morgan fingerprint density at radius 1 is 1.18 bits per heavy atom. The van der Waals surface area contributed by atoms with Crippen molar-refractivity contribution in [1.82, 2.24) is 10.2 Å². The van der Waals surface area contributed by atoms with Crippen LogP contribution in [0.5, 0.6) is 0 Å². The van der Waals surface area contributed by atoms with Crippen LogP contribution in [0.15, 0.2) is 12.1 Å². The second kappa shape index (κ2) is 6.16. The topological polar surface area (TPSA) is 44.4 Å². The Morgan fingerprint density at radius 2 is 1.86 bits per heavy atom. The van der Waals surface area contributed by atoms with Gasteiger partial charge >= 0.3 is 6.03 Å². The van der Waals surface area contributed by atoms with E-state index in [1.54, 1.807) is 4.90 Å².